The zero-order chi connectivity index (χ0) is 25.2. The summed E-state index contributed by atoms with van der Waals surface area (Å²) in [4.78, 5) is 13.0. The van der Waals surface area contributed by atoms with Gasteiger partial charge in [0.05, 0.1) is 30.0 Å². The summed E-state index contributed by atoms with van der Waals surface area (Å²) >= 11 is 3.04. The van der Waals surface area contributed by atoms with Gasteiger partial charge in [-0.1, -0.05) is 12.1 Å². The number of aromatic nitrogens is 5. The molecular formula is C21H17BrF3N5O2. The van der Waals surface area contributed by atoms with Gasteiger partial charge in [-0.25, -0.2) is 4.79 Å². The summed E-state index contributed by atoms with van der Waals surface area (Å²) in [5, 5.41) is 7.70. The number of ether oxygens (including phenoxy) is 1. The molecular weight excluding hydrogens is 491 g/mol. The number of imidazole rings is 1. The van der Waals surface area contributed by atoms with Crippen molar-refractivity contribution in [3.05, 3.63) is 81.0 Å². The Labute approximate surface area is 192 Å². The molecule has 32 heavy (non-hydrogen) atoms. The fraction of sp³-hybridized carbons (Fsp3) is 0.286. The lowest BCUT2D eigenvalue weighted by molar-refractivity contribution is -0.136. The van der Waals surface area contributed by atoms with E-state index in [9.17, 15) is 18.0 Å². The first-order valence-corrected chi connectivity index (χ1v) is 10.3. The van der Waals surface area contributed by atoms with Crippen LogP contribution in [0.3, 0.4) is 0 Å². The normalized spacial score (nSPS) is 17.6. The average Bonchev–Trinajstić information content (AvgIpc) is 3.34. The predicted molar refractivity (Wildman–Crippen MR) is 113 cm³/mol. The van der Waals surface area contributed by atoms with E-state index in [-0.39, 0.29) is 35.4 Å². The second-order valence-corrected chi connectivity index (χ2v) is 8.64. The van der Waals surface area contributed by atoms with Gasteiger partial charge in [0.15, 0.2) is 0 Å². The molecule has 166 valence electrons. The second kappa shape index (κ2) is 7.31. The molecule has 0 spiro atoms. The minimum atomic E-state index is -4.65. The molecule has 0 atom stereocenters. The Balaban J connectivity index is 1.59. The molecule has 4 heterocycles. The van der Waals surface area contributed by atoms with Crippen LogP contribution in [0.4, 0.5) is 13.2 Å². The van der Waals surface area contributed by atoms with Crippen molar-refractivity contribution in [1.82, 2.24) is 23.7 Å². The Hall–Kier alpha value is -2.92. The van der Waals surface area contributed by atoms with Crippen LogP contribution in [0.25, 0.3) is 11.2 Å². The van der Waals surface area contributed by atoms with Gasteiger partial charge in [0.2, 0.25) is 0 Å². The number of benzene rings is 1. The molecule has 0 aliphatic carbocycles. The van der Waals surface area contributed by atoms with Crippen molar-refractivity contribution in [2.45, 2.75) is 18.0 Å². The molecule has 1 aliphatic rings. The number of nitrogens with zero attached hydrogens (tertiary/aromatic N) is 5. The van der Waals surface area contributed by atoms with E-state index >= 15 is 0 Å². The number of halogens is 4. The predicted octanol–water partition coefficient (Wildman–Crippen LogP) is 3.51. The SMILES string of the molecule is [2H]C([2H])([2H])n1cnnc1CC1(c2cccc(-n3cc4c(C(F)(F)F)cc(Br)cn4c3=O)c2)COC1. The zero-order valence-electron chi connectivity index (χ0n) is 19.3. The van der Waals surface area contributed by atoms with E-state index in [0.717, 1.165) is 37.7 Å². The minimum absolute atomic E-state index is 0.120. The van der Waals surface area contributed by atoms with Crippen LogP contribution in [0.1, 0.15) is 21.1 Å². The van der Waals surface area contributed by atoms with Crippen LogP contribution in [0, 0.1) is 0 Å². The summed E-state index contributed by atoms with van der Waals surface area (Å²) in [5.41, 5.74) is -1.40. The molecule has 11 heteroatoms. The van der Waals surface area contributed by atoms with Gasteiger partial charge in [0, 0.05) is 39.8 Å². The number of pyridine rings is 1. The molecule has 0 bridgehead atoms. The molecule has 1 aromatic carbocycles. The summed E-state index contributed by atoms with van der Waals surface area (Å²) in [6, 6.07) is 7.74. The first-order chi connectivity index (χ1) is 16.4. The van der Waals surface area contributed by atoms with E-state index in [2.05, 4.69) is 26.1 Å². The van der Waals surface area contributed by atoms with Crippen molar-refractivity contribution < 1.29 is 22.0 Å². The minimum Gasteiger partial charge on any atom is -0.379 e. The number of hydrogen-bond donors (Lipinski definition) is 0. The molecule has 1 saturated heterocycles. The second-order valence-electron chi connectivity index (χ2n) is 7.72. The van der Waals surface area contributed by atoms with Crippen LogP contribution in [-0.4, -0.2) is 36.9 Å². The maximum absolute atomic E-state index is 13.6. The van der Waals surface area contributed by atoms with Crippen molar-refractivity contribution in [2.75, 3.05) is 13.2 Å². The van der Waals surface area contributed by atoms with E-state index in [1.807, 2.05) is 0 Å². The quantitative estimate of drug-likeness (QED) is 0.421. The van der Waals surface area contributed by atoms with Gasteiger partial charge >= 0.3 is 11.9 Å². The van der Waals surface area contributed by atoms with Crippen LogP contribution in [0.2, 0.25) is 0 Å². The Morgan fingerprint density at radius 2 is 2.09 bits per heavy atom. The van der Waals surface area contributed by atoms with Crippen molar-refractivity contribution in [2.24, 2.45) is 6.98 Å². The number of rotatable bonds is 4. The Kier molecular flexibility index (Phi) is 4.02. The van der Waals surface area contributed by atoms with Gasteiger partial charge in [-0.05, 0) is 39.7 Å². The number of fused-ring (bicyclic) bond motifs is 1. The molecule has 0 N–H and O–H groups in total. The summed E-state index contributed by atoms with van der Waals surface area (Å²) in [6.45, 7) is -1.89. The van der Waals surface area contributed by atoms with E-state index in [1.165, 1.54) is 6.20 Å². The molecule has 5 rings (SSSR count). The zero-order valence-corrected chi connectivity index (χ0v) is 17.9. The maximum atomic E-state index is 13.6. The standard InChI is InChI=1S/C21H17BrF3N5O2/c1-28-12-26-27-18(28)7-20(10-32-11-20)13-3-2-4-15(5-13)29-9-17-16(21(23,24)25)6-14(22)8-30(17)19(29)31/h2-6,8-9,12H,7,10-11H2,1H3/i1D3. The van der Waals surface area contributed by atoms with E-state index < -0.39 is 29.8 Å². The van der Waals surface area contributed by atoms with Gasteiger partial charge in [-0.3, -0.25) is 8.97 Å². The maximum Gasteiger partial charge on any atom is 0.418 e. The fourth-order valence-electron chi connectivity index (χ4n) is 3.95. The molecule has 3 aromatic heterocycles. The topological polar surface area (TPSA) is 66.3 Å². The highest BCUT2D eigenvalue weighted by atomic mass is 79.9. The van der Waals surface area contributed by atoms with E-state index in [0.29, 0.717) is 5.69 Å². The summed E-state index contributed by atoms with van der Waals surface area (Å²) in [5.74, 6) is 0.255. The summed E-state index contributed by atoms with van der Waals surface area (Å²) in [6.07, 6.45) is -0.842. The molecule has 0 unspecified atom stereocenters. The first-order valence-electron chi connectivity index (χ1n) is 11.0. The van der Waals surface area contributed by atoms with Gasteiger partial charge in [-0.15, -0.1) is 10.2 Å². The van der Waals surface area contributed by atoms with Gasteiger partial charge in [-0.2, -0.15) is 13.2 Å². The van der Waals surface area contributed by atoms with Gasteiger partial charge < -0.3 is 9.30 Å². The number of aryl methyl sites for hydroxylation is 1. The van der Waals surface area contributed by atoms with Crippen molar-refractivity contribution in [3.8, 4) is 5.69 Å². The molecule has 0 saturated carbocycles. The van der Waals surface area contributed by atoms with Crippen LogP contribution in [0.15, 0.2) is 58.3 Å². The lowest BCUT2D eigenvalue weighted by Crippen LogP contribution is -2.49. The highest BCUT2D eigenvalue weighted by molar-refractivity contribution is 9.10. The van der Waals surface area contributed by atoms with Crippen LogP contribution in [-0.2, 0) is 29.7 Å². The molecule has 1 fully saturated rings. The Bertz CT molecular complexity index is 1490. The van der Waals surface area contributed by atoms with Crippen LogP contribution in [0.5, 0.6) is 0 Å². The van der Waals surface area contributed by atoms with Crippen LogP contribution < -0.4 is 5.69 Å². The molecule has 0 radical (unpaired) electrons. The molecule has 7 nitrogen and oxygen atoms in total. The van der Waals surface area contributed by atoms with E-state index in [4.69, 9.17) is 8.85 Å². The lowest BCUT2D eigenvalue weighted by Gasteiger charge is -2.41. The summed E-state index contributed by atoms with van der Waals surface area (Å²) < 4.78 is 72.5. The number of hydrogen-bond acceptors (Lipinski definition) is 4. The van der Waals surface area contributed by atoms with Crippen molar-refractivity contribution >= 4 is 21.4 Å². The third-order valence-electron chi connectivity index (χ3n) is 5.65. The van der Waals surface area contributed by atoms with Crippen molar-refractivity contribution in [3.63, 3.8) is 0 Å². The van der Waals surface area contributed by atoms with E-state index in [1.54, 1.807) is 24.3 Å². The molecule has 4 aromatic rings. The monoisotopic (exact) mass is 510 g/mol. The highest BCUT2D eigenvalue weighted by Crippen LogP contribution is 2.37. The third kappa shape index (κ3) is 3.36. The molecule has 0 amide bonds. The van der Waals surface area contributed by atoms with Gasteiger partial charge in [0.1, 0.15) is 12.2 Å². The molecule has 1 aliphatic heterocycles. The van der Waals surface area contributed by atoms with Crippen LogP contribution >= 0.6 is 15.9 Å². The van der Waals surface area contributed by atoms with Gasteiger partial charge in [0.25, 0.3) is 0 Å². The van der Waals surface area contributed by atoms with Crippen molar-refractivity contribution in [1.29, 1.82) is 0 Å². The largest absolute Gasteiger partial charge is 0.418 e. The fourth-order valence-corrected chi connectivity index (χ4v) is 4.39. The first kappa shape index (κ1) is 17.6. The number of alkyl halides is 3. The highest BCUT2D eigenvalue weighted by Gasteiger charge is 2.42. The summed E-state index contributed by atoms with van der Waals surface area (Å²) in [7, 11) is 0. The average molecular weight is 511 g/mol. The Morgan fingerprint density at radius 1 is 1.28 bits per heavy atom. The smallest absolute Gasteiger partial charge is 0.379 e. The Morgan fingerprint density at radius 3 is 2.78 bits per heavy atom. The lowest BCUT2D eigenvalue weighted by atomic mass is 9.75. The third-order valence-corrected chi connectivity index (χ3v) is 6.08.